The second-order valence-corrected chi connectivity index (χ2v) is 6.72. The zero-order chi connectivity index (χ0) is 15.5. The number of halogens is 1. The van der Waals surface area contributed by atoms with E-state index in [-0.39, 0.29) is 10.7 Å². The predicted octanol–water partition coefficient (Wildman–Crippen LogP) is 3.63. The van der Waals surface area contributed by atoms with Gasteiger partial charge in [0.2, 0.25) is 0 Å². The maximum absolute atomic E-state index is 10.6. The molecular weight excluding hydrogens is 324 g/mol. The summed E-state index contributed by atoms with van der Waals surface area (Å²) in [5.41, 5.74) is 1.15. The Morgan fingerprint density at radius 2 is 2.23 bits per heavy atom. The Balaban J connectivity index is 1.59. The third kappa shape index (κ3) is 3.36. The number of pyridine rings is 1. The van der Waals surface area contributed by atoms with Gasteiger partial charge in [-0.2, -0.15) is 0 Å². The van der Waals surface area contributed by atoms with Gasteiger partial charge >= 0.3 is 0 Å². The molecule has 0 aliphatic heterocycles. The second kappa shape index (κ2) is 6.58. The normalized spacial score (nSPS) is 13.7. The highest BCUT2D eigenvalue weighted by Gasteiger charge is 2.15. The van der Waals surface area contributed by atoms with E-state index in [0.29, 0.717) is 12.4 Å². The van der Waals surface area contributed by atoms with Crippen LogP contribution in [0.5, 0.6) is 0 Å². The summed E-state index contributed by atoms with van der Waals surface area (Å²) in [7, 11) is 0. The Hall–Kier alpha value is -1.73. The van der Waals surface area contributed by atoms with Crippen molar-refractivity contribution in [2.75, 3.05) is 11.9 Å². The molecule has 0 spiro atoms. The molecule has 2 aromatic rings. The average Bonchev–Trinajstić information content (AvgIpc) is 2.91. The molecule has 1 aliphatic rings. The third-order valence-electron chi connectivity index (χ3n) is 3.56. The van der Waals surface area contributed by atoms with Crippen LogP contribution in [-0.2, 0) is 19.3 Å². The fourth-order valence-corrected chi connectivity index (χ4v) is 3.84. The highest BCUT2D eigenvalue weighted by atomic mass is 35.5. The number of aryl methyl sites for hydroxylation is 2. The number of hydrogen-bond acceptors (Lipinski definition) is 6. The molecule has 8 heteroatoms. The van der Waals surface area contributed by atoms with E-state index in [0.717, 1.165) is 24.3 Å². The van der Waals surface area contributed by atoms with Crippen molar-refractivity contribution >= 4 is 34.4 Å². The van der Waals surface area contributed by atoms with Crippen LogP contribution < -0.4 is 5.32 Å². The van der Waals surface area contributed by atoms with Crippen LogP contribution >= 0.6 is 22.9 Å². The van der Waals surface area contributed by atoms with Gasteiger partial charge in [-0.3, -0.25) is 10.1 Å². The number of rotatable bonds is 5. The van der Waals surface area contributed by atoms with Gasteiger partial charge in [-0.1, -0.05) is 11.6 Å². The van der Waals surface area contributed by atoms with Crippen molar-refractivity contribution in [2.24, 2.45) is 0 Å². The zero-order valence-corrected chi connectivity index (χ0v) is 13.4. The van der Waals surface area contributed by atoms with Crippen LogP contribution in [-0.4, -0.2) is 21.4 Å². The molecule has 3 rings (SSSR count). The fraction of sp³-hybridized carbons (Fsp3) is 0.429. The van der Waals surface area contributed by atoms with Crippen LogP contribution in [0.3, 0.4) is 0 Å². The standard InChI is InChI=1S/C14H15ClN4O2S/c15-10-7-9(19(20)21)8-17-14(10)16-6-5-13-18-11-3-1-2-4-12(11)22-13/h7-8H,1-6H2,(H,16,17). The quantitative estimate of drug-likeness (QED) is 0.665. The Kier molecular flexibility index (Phi) is 4.54. The first-order valence-electron chi connectivity index (χ1n) is 7.15. The molecule has 1 N–H and O–H groups in total. The maximum Gasteiger partial charge on any atom is 0.289 e. The Labute approximate surface area is 136 Å². The lowest BCUT2D eigenvalue weighted by molar-refractivity contribution is -0.385. The number of hydrogen-bond donors (Lipinski definition) is 1. The molecule has 0 saturated heterocycles. The van der Waals surface area contributed by atoms with Crippen molar-refractivity contribution in [3.05, 3.63) is 43.0 Å². The SMILES string of the molecule is O=[N+]([O-])c1cnc(NCCc2nc3c(s2)CCCC3)c(Cl)c1. The smallest absolute Gasteiger partial charge is 0.289 e. The maximum atomic E-state index is 10.6. The zero-order valence-electron chi connectivity index (χ0n) is 11.8. The van der Waals surface area contributed by atoms with Gasteiger partial charge in [0, 0.05) is 23.9 Å². The first-order chi connectivity index (χ1) is 10.6. The van der Waals surface area contributed by atoms with Crippen molar-refractivity contribution < 1.29 is 4.92 Å². The number of aromatic nitrogens is 2. The number of nitro groups is 1. The summed E-state index contributed by atoms with van der Waals surface area (Å²) in [5, 5.41) is 15.1. The first-order valence-corrected chi connectivity index (χ1v) is 8.34. The summed E-state index contributed by atoms with van der Waals surface area (Å²) in [4.78, 5) is 20.2. The van der Waals surface area contributed by atoms with Gasteiger partial charge in [-0.05, 0) is 25.7 Å². The number of fused-ring (bicyclic) bond motifs is 1. The molecule has 0 bridgehead atoms. The van der Waals surface area contributed by atoms with Crippen molar-refractivity contribution in [2.45, 2.75) is 32.1 Å². The van der Waals surface area contributed by atoms with Crippen molar-refractivity contribution in [1.29, 1.82) is 0 Å². The molecule has 0 aromatic carbocycles. The van der Waals surface area contributed by atoms with Crippen molar-refractivity contribution in [3.8, 4) is 0 Å². The molecule has 0 amide bonds. The molecule has 22 heavy (non-hydrogen) atoms. The molecule has 0 atom stereocenters. The minimum Gasteiger partial charge on any atom is -0.368 e. The molecule has 116 valence electrons. The average molecular weight is 339 g/mol. The molecule has 0 radical (unpaired) electrons. The van der Waals surface area contributed by atoms with E-state index in [1.807, 2.05) is 0 Å². The molecule has 0 saturated carbocycles. The van der Waals surface area contributed by atoms with Crippen LogP contribution in [0.4, 0.5) is 11.5 Å². The number of anilines is 1. The van der Waals surface area contributed by atoms with Crippen LogP contribution in [0.2, 0.25) is 5.02 Å². The summed E-state index contributed by atoms with van der Waals surface area (Å²) in [6.45, 7) is 0.650. The van der Waals surface area contributed by atoms with E-state index < -0.39 is 4.92 Å². The van der Waals surface area contributed by atoms with E-state index in [1.165, 1.54) is 35.7 Å². The number of nitrogens with one attached hydrogen (secondary N) is 1. The lowest BCUT2D eigenvalue weighted by atomic mass is 10.0. The van der Waals surface area contributed by atoms with Crippen LogP contribution in [0.15, 0.2) is 12.3 Å². The van der Waals surface area contributed by atoms with E-state index in [4.69, 9.17) is 11.6 Å². The largest absolute Gasteiger partial charge is 0.368 e. The third-order valence-corrected chi connectivity index (χ3v) is 5.06. The summed E-state index contributed by atoms with van der Waals surface area (Å²) in [5.74, 6) is 0.466. The number of thiazole rings is 1. The lowest BCUT2D eigenvalue weighted by Gasteiger charge is -2.06. The van der Waals surface area contributed by atoms with Gasteiger partial charge in [-0.25, -0.2) is 9.97 Å². The number of nitrogens with zero attached hydrogens (tertiary/aromatic N) is 3. The molecule has 2 aromatic heterocycles. The molecule has 0 unspecified atom stereocenters. The Morgan fingerprint density at radius 1 is 1.41 bits per heavy atom. The van der Waals surface area contributed by atoms with Gasteiger partial charge in [-0.15, -0.1) is 11.3 Å². The first kappa shape index (κ1) is 15.2. The molecule has 2 heterocycles. The molecule has 0 fully saturated rings. The minimum atomic E-state index is -0.511. The Morgan fingerprint density at radius 3 is 2.95 bits per heavy atom. The van der Waals surface area contributed by atoms with Crippen molar-refractivity contribution in [3.63, 3.8) is 0 Å². The minimum absolute atomic E-state index is 0.108. The fourth-order valence-electron chi connectivity index (χ4n) is 2.46. The molecular formula is C14H15ClN4O2S. The molecule has 1 aliphatic carbocycles. The Bertz CT molecular complexity index is 681. The van der Waals surface area contributed by atoms with Crippen LogP contribution in [0, 0.1) is 10.1 Å². The molecule has 6 nitrogen and oxygen atoms in total. The van der Waals surface area contributed by atoms with Gasteiger partial charge < -0.3 is 5.32 Å². The van der Waals surface area contributed by atoms with Gasteiger partial charge in [0.15, 0.2) is 0 Å². The van der Waals surface area contributed by atoms with E-state index in [1.54, 1.807) is 11.3 Å². The second-order valence-electron chi connectivity index (χ2n) is 5.14. The highest BCUT2D eigenvalue weighted by molar-refractivity contribution is 7.11. The van der Waals surface area contributed by atoms with Gasteiger partial charge in [0.05, 0.1) is 20.6 Å². The summed E-state index contributed by atoms with van der Waals surface area (Å²) >= 11 is 7.78. The highest BCUT2D eigenvalue weighted by Crippen LogP contribution is 2.27. The van der Waals surface area contributed by atoms with Crippen molar-refractivity contribution in [1.82, 2.24) is 9.97 Å². The monoisotopic (exact) mass is 338 g/mol. The van der Waals surface area contributed by atoms with E-state index >= 15 is 0 Å². The summed E-state index contributed by atoms with van der Waals surface area (Å²) in [6.07, 6.45) is 6.74. The summed E-state index contributed by atoms with van der Waals surface area (Å²) in [6, 6.07) is 1.30. The van der Waals surface area contributed by atoms with Crippen LogP contribution in [0.1, 0.15) is 28.4 Å². The van der Waals surface area contributed by atoms with Gasteiger partial charge in [0.1, 0.15) is 12.0 Å². The van der Waals surface area contributed by atoms with E-state index in [9.17, 15) is 10.1 Å². The van der Waals surface area contributed by atoms with Gasteiger partial charge in [0.25, 0.3) is 5.69 Å². The predicted molar refractivity (Wildman–Crippen MR) is 86.9 cm³/mol. The topological polar surface area (TPSA) is 81.0 Å². The van der Waals surface area contributed by atoms with Crippen LogP contribution in [0.25, 0.3) is 0 Å². The lowest BCUT2D eigenvalue weighted by Crippen LogP contribution is -2.07. The van der Waals surface area contributed by atoms with E-state index in [2.05, 4.69) is 15.3 Å². The summed E-state index contributed by atoms with van der Waals surface area (Å²) < 4.78 is 0.